The quantitative estimate of drug-likeness (QED) is 0.744. The maximum Gasteiger partial charge on any atom is 0.321 e. The first-order valence-electron chi connectivity index (χ1n) is 8.16. The third-order valence-electron chi connectivity index (χ3n) is 4.24. The number of carbonyl (C=O) groups excluding carboxylic acids is 3. The van der Waals surface area contributed by atoms with E-state index in [1.165, 1.54) is 7.11 Å². The molecule has 8 heteroatoms. The van der Waals surface area contributed by atoms with E-state index in [0.29, 0.717) is 30.9 Å². The third-order valence-corrected chi connectivity index (χ3v) is 4.24. The predicted octanol–water partition coefficient (Wildman–Crippen LogP) is 1.31. The maximum absolute atomic E-state index is 12.5. The van der Waals surface area contributed by atoms with E-state index in [-0.39, 0.29) is 30.4 Å². The number of ether oxygens (including phenoxy) is 1. The summed E-state index contributed by atoms with van der Waals surface area (Å²) in [6, 6.07) is 4.97. The fourth-order valence-corrected chi connectivity index (χ4v) is 2.81. The fraction of sp³-hybridized carbons (Fsp3) is 0.471. The molecule has 1 aromatic carbocycles. The molecule has 1 saturated heterocycles. The van der Waals surface area contributed by atoms with Crippen LogP contribution >= 0.6 is 0 Å². The standard InChI is InChI=1S/C17H24N4O4/c1-11-13(19-15(22)10-25-2)6-3-7-14(11)20-17(24)21-8-4-5-12(9-21)16(18)23/h3,6-7,12H,4-5,8-10H2,1-2H3,(H2,18,23)(H,19,22)(H,20,24). The molecule has 0 spiro atoms. The molecule has 0 radical (unpaired) electrons. The highest BCUT2D eigenvalue weighted by atomic mass is 16.5. The van der Waals surface area contributed by atoms with Crippen molar-refractivity contribution in [1.29, 1.82) is 0 Å². The second-order valence-electron chi connectivity index (χ2n) is 6.08. The Morgan fingerprint density at radius 1 is 1.28 bits per heavy atom. The van der Waals surface area contributed by atoms with Crippen LogP contribution in [0.1, 0.15) is 18.4 Å². The summed E-state index contributed by atoms with van der Waals surface area (Å²) in [7, 11) is 1.45. The number of likely N-dealkylation sites (tertiary alicyclic amines) is 1. The lowest BCUT2D eigenvalue weighted by molar-refractivity contribution is -0.123. The number of hydrogen-bond acceptors (Lipinski definition) is 4. The van der Waals surface area contributed by atoms with E-state index in [0.717, 1.165) is 12.0 Å². The normalized spacial score (nSPS) is 17.0. The lowest BCUT2D eigenvalue weighted by atomic mass is 9.98. The van der Waals surface area contributed by atoms with Crippen LogP contribution in [0.4, 0.5) is 16.2 Å². The number of benzene rings is 1. The first-order chi connectivity index (χ1) is 11.9. The van der Waals surface area contributed by atoms with Crippen LogP contribution in [0.3, 0.4) is 0 Å². The van der Waals surface area contributed by atoms with Crippen LogP contribution in [0.2, 0.25) is 0 Å². The summed E-state index contributed by atoms with van der Waals surface area (Å²) in [5.41, 5.74) is 7.29. The van der Waals surface area contributed by atoms with Crippen LogP contribution in [0.25, 0.3) is 0 Å². The number of carbonyl (C=O) groups is 3. The Morgan fingerprint density at radius 3 is 2.60 bits per heavy atom. The van der Waals surface area contributed by atoms with Crippen molar-refractivity contribution >= 4 is 29.2 Å². The molecule has 4 N–H and O–H groups in total. The van der Waals surface area contributed by atoms with Crippen molar-refractivity contribution in [3.05, 3.63) is 23.8 Å². The molecule has 2 rings (SSSR count). The molecule has 1 atom stereocenters. The van der Waals surface area contributed by atoms with Gasteiger partial charge in [-0.3, -0.25) is 9.59 Å². The van der Waals surface area contributed by atoms with Crippen molar-refractivity contribution in [2.45, 2.75) is 19.8 Å². The maximum atomic E-state index is 12.5. The fourth-order valence-electron chi connectivity index (χ4n) is 2.81. The van der Waals surface area contributed by atoms with Gasteiger partial charge in [0.05, 0.1) is 5.92 Å². The highest BCUT2D eigenvalue weighted by Gasteiger charge is 2.27. The summed E-state index contributed by atoms with van der Waals surface area (Å²) in [4.78, 5) is 37.1. The third kappa shape index (κ3) is 4.93. The second-order valence-corrected chi connectivity index (χ2v) is 6.08. The number of piperidine rings is 1. The van der Waals surface area contributed by atoms with Crippen LogP contribution in [0, 0.1) is 12.8 Å². The molecule has 136 valence electrons. The van der Waals surface area contributed by atoms with Crippen LogP contribution in [0.15, 0.2) is 18.2 Å². The number of nitrogens with one attached hydrogen (secondary N) is 2. The minimum atomic E-state index is -0.378. The molecule has 1 unspecified atom stereocenters. The lowest BCUT2D eigenvalue weighted by Gasteiger charge is -2.31. The van der Waals surface area contributed by atoms with E-state index in [4.69, 9.17) is 10.5 Å². The monoisotopic (exact) mass is 348 g/mol. The summed E-state index contributed by atoms with van der Waals surface area (Å²) < 4.78 is 4.79. The molecule has 1 aliphatic heterocycles. The summed E-state index contributed by atoms with van der Waals surface area (Å²) >= 11 is 0. The highest BCUT2D eigenvalue weighted by molar-refractivity contribution is 5.96. The molecule has 0 aliphatic carbocycles. The molecular formula is C17H24N4O4. The van der Waals surface area contributed by atoms with Gasteiger partial charge < -0.3 is 26.0 Å². The molecule has 1 heterocycles. The summed E-state index contributed by atoms with van der Waals surface area (Å²) in [5, 5.41) is 5.57. The first-order valence-corrected chi connectivity index (χ1v) is 8.16. The van der Waals surface area contributed by atoms with E-state index < -0.39 is 0 Å². The number of rotatable bonds is 5. The summed E-state index contributed by atoms with van der Waals surface area (Å²) in [5.74, 6) is -0.953. The van der Waals surface area contributed by atoms with Crippen molar-refractivity contribution in [2.24, 2.45) is 11.7 Å². The minimum absolute atomic E-state index is 0.0433. The van der Waals surface area contributed by atoms with E-state index in [1.807, 2.05) is 0 Å². The molecule has 4 amide bonds. The minimum Gasteiger partial charge on any atom is -0.375 e. The van der Waals surface area contributed by atoms with Crippen LogP contribution in [-0.2, 0) is 14.3 Å². The van der Waals surface area contributed by atoms with Crippen molar-refractivity contribution in [2.75, 3.05) is 37.4 Å². The van der Waals surface area contributed by atoms with E-state index in [9.17, 15) is 14.4 Å². The van der Waals surface area contributed by atoms with Gasteiger partial charge in [0, 0.05) is 31.6 Å². The van der Waals surface area contributed by atoms with Gasteiger partial charge in [-0.05, 0) is 37.5 Å². The van der Waals surface area contributed by atoms with Crippen LogP contribution in [-0.4, -0.2) is 49.6 Å². The molecule has 1 aromatic rings. The summed E-state index contributed by atoms with van der Waals surface area (Å²) in [6.45, 7) is 2.67. The SMILES string of the molecule is COCC(=O)Nc1cccc(NC(=O)N2CCCC(C(N)=O)C2)c1C. The number of hydrogen-bond donors (Lipinski definition) is 3. The predicted molar refractivity (Wildman–Crippen MR) is 94.2 cm³/mol. The van der Waals surface area contributed by atoms with Gasteiger partial charge in [-0.15, -0.1) is 0 Å². The molecule has 0 saturated carbocycles. The van der Waals surface area contributed by atoms with Crippen LogP contribution < -0.4 is 16.4 Å². The Kier molecular flexibility index (Phi) is 6.35. The molecule has 0 aromatic heterocycles. The van der Waals surface area contributed by atoms with Crippen LogP contribution in [0.5, 0.6) is 0 Å². The molecule has 1 fully saturated rings. The van der Waals surface area contributed by atoms with Gasteiger partial charge in [0.15, 0.2) is 0 Å². The van der Waals surface area contributed by atoms with Crippen molar-refractivity contribution < 1.29 is 19.1 Å². The topological polar surface area (TPSA) is 114 Å². The number of amides is 4. The smallest absolute Gasteiger partial charge is 0.321 e. The summed E-state index contributed by atoms with van der Waals surface area (Å²) in [6.07, 6.45) is 1.45. The number of urea groups is 1. The van der Waals surface area contributed by atoms with E-state index in [1.54, 1.807) is 30.0 Å². The van der Waals surface area contributed by atoms with Gasteiger partial charge in [0.1, 0.15) is 6.61 Å². The molecule has 8 nitrogen and oxygen atoms in total. The molecule has 25 heavy (non-hydrogen) atoms. The Bertz CT molecular complexity index is 662. The van der Waals surface area contributed by atoms with Gasteiger partial charge in [-0.2, -0.15) is 0 Å². The zero-order valence-corrected chi connectivity index (χ0v) is 14.5. The molecule has 0 bridgehead atoms. The van der Waals surface area contributed by atoms with Gasteiger partial charge in [0.2, 0.25) is 11.8 Å². The Morgan fingerprint density at radius 2 is 1.96 bits per heavy atom. The van der Waals surface area contributed by atoms with Crippen molar-refractivity contribution in [3.63, 3.8) is 0 Å². The number of primary amides is 1. The van der Waals surface area contributed by atoms with E-state index >= 15 is 0 Å². The number of nitrogens with zero attached hydrogens (tertiary/aromatic N) is 1. The lowest BCUT2D eigenvalue weighted by Crippen LogP contribution is -2.45. The molecular weight excluding hydrogens is 324 g/mol. The first kappa shape index (κ1) is 18.7. The Labute approximate surface area is 146 Å². The zero-order chi connectivity index (χ0) is 18.4. The number of anilines is 2. The van der Waals surface area contributed by atoms with Crippen molar-refractivity contribution in [1.82, 2.24) is 4.90 Å². The largest absolute Gasteiger partial charge is 0.375 e. The van der Waals surface area contributed by atoms with Gasteiger partial charge in [0.25, 0.3) is 0 Å². The van der Waals surface area contributed by atoms with Gasteiger partial charge in [-0.25, -0.2) is 4.79 Å². The average molecular weight is 348 g/mol. The zero-order valence-electron chi connectivity index (χ0n) is 14.5. The van der Waals surface area contributed by atoms with Crippen molar-refractivity contribution in [3.8, 4) is 0 Å². The van der Waals surface area contributed by atoms with Gasteiger partial charge >= 0.3 is 6.03 Å². The Balaban J connectivity index is 2.05. The van der Waals surface area contributed by atoms with E-state index in [2.05, 4.69) is 10.6 Å². The number of nitrogens with two attached hydrogens (primary N) is 1. The average Bonchev–Trinajstić information content (AvgIpc) is 2.58. The Hall–Kier alpha value is -2.61. The second kappa shape index (κ2) is 8.48. The highest BCUT2D eigenvalue weighted by Crippen LogP contribution is 2.24. The van der Waals surface area contributed by atoms with Gasteiger partial charge in [-0.1, -0.05) is 6.07 Å². The molecule has 1 aliphatic rings. The number of methoxy groups -OCH3 is 1.